The lowest BCUT2D eigenvalue weighted by molar-refractivity contribution is 0.291. The van der Waals surface area contributed by atoms with E-state index in [4.69, 9.17) is 16.3 Å². The van der Waals surface area contributed by atoms with Gasteiger partial charge in [-0.15, -0.1) is 11.6 Å². The second-order valence-electron chi connectivity index (χ2n) is 6.32. The Morgan fingerprint density at radius 1 is 1.19 bits per heavy atom. The van der Waals surface area contributed by atoms with Gasteiger partial charge in [-0.2, -0.15) is 0 Å². The molecule has 3 heteroatoms. The van der Waals surface area contributed by atoms with Crippen LogP contribution in [0.15, 0.2) is 36.4 Å². The van der Waals surface area contributed by atoms with Crippen LogP contribution in [0.4, 0.5) is 4.39 Å². The first-order valence-electron chi connectivity index (χ1n) is 7.06. The zero-order valence-electron chi connectivity index (χ0n) is 12.4. The first kappa shape index (κ1) is 14.4. The van der Waals surface area contributed by atoms with Crippen LogP contribution in [0.3, 0.4) is 0 Å². The van der Waals surface area contributed by atoms with E-state index in [-0.39, 0.29) is 11.2 Å². The van der Waals surface area contributed by atoms with Crippen molar-refractivity contribution in [1.29, 1.82) is 0 Å². The summed E-state index contributed by atoms with van der Waals surface area (Å²) in [5, 5.41) is -0.493. The lowest BCUT2D eigenvalue weighted by Gasteiger charge is -2.18. The molecule has 0 saturated carbocycles. The smallest absolute Gasteiger partial charge is 0.128 e. The molecule has 0 N–H and O–H groups in total. The second-order valence-corrected chi connectivity index (χ2v) is 6.75. The molecule has 1 atom stereocenters. The predicted molar refractivity (Wildman–Crippen MR) is 83.8 cm³/mol. The van der Waals surface area contributed by atoms with E-state index in [0.29, 0.717) is 12.2 Å². The van der Waals surface area contributed by atoms with Gasteiger partial charge in [0.15, 0.2) is 0 Å². The lowest BCUT2D eigenvalue weighted by atomic mass is 9.85. The number of fused-ring (bicyclic) bond motifs is 1. The van der Waals surface area contributed by atoms with Gasteiger partial charge >= 0.3 is 0 Å². The molecule has 1 heterocycles. The normalized spacial score (nSPS) is 17.2. The Morgan fingerprint density at radius 2 is 1.95 bits per heavy atom. The summed E-state index contributed by atoms with van der Waals surface area (Å²) in [5.41, 5.74) is 3.41. The van der Waals surface area contributed by atoms with E-state index in [1.807, 2.05) is 31.2 Å². The molecule has 0 bridgehead atoms. The highest BCUT2D eigenvalue weighted by molar-refractivity contribution is 6.22. The average molecular weight is 305 g/mol. The second kappa shape index (κ2) is 5.03. The highest BCUT2D eigenvalue weighted by Crippen LogP contribution is 2.41. The zero-order valence-corrected chi connectivity index (χ0v) is 13.2. The fraction of sp³-hybridized carbons (Fsp3) is 0.333. The third kappa shape index (κ3) is 2.53. The minimum Gasteiger partial charge on any atom is -0.492 e. The number of hydrogen-bond donors (Lipinski definition) is 0. The van der Waals surface area contributed by atoms with E-state index >= 15 is 0 Å². The van der Waals surface area contributed by atoms with Crippen molar-refractivity contribution in [2.75, 3.05) is 6.61 Å². The SMILES string of the molecule is Cc1ccc(C(Cl)c2ccc3c(c2)C(C)(C)CO3)c(F)c1. The van der Waals surface area contributed by atoms with Crippen molar-refractivity contribution in [3.8, 4) is 5.75 Å². The Balaban J connectivity index is 2.01. The monoisotopic (exact) mass is 304 g/mol. The zero-order chi connectivity index (χ0) is 15.2. The van der Waals surface area contributed by atoms with Crippen LogP contribution >= 0.6 is 11.6 Å². The molecule has 0 radical (unpaired) electrons. The van der Waals surface area contributed by atoms with Crippen molar-refractivity contribution in [3.63, 3.8) is 0 Å². The van der Waals surface area contributed by atoms with Crippen molar-refractivity contribution < 1.29 is 9.13 Å². The highest BCUT2D eigenvalue weighted by Gasteiger charge is 2.32. The third-order valence-corrected chi connectivity index (χ3v) is 4.53. The average Bonchev–Trinajstić information content (AvgIpc) is 2.74. The molecule has 1 aliphatic heterocycles. The minimum absolute atomic E-state index is 0.0340. The topological polar surface area (TPSA) is 9.23 Å². The minimum atomic E-state index is -0.493. The molecule has 21 heavy (non-hydrogen) atoms. The molecule has 1 aliphatic rings. The molecule has 0 fully saturated rings. The number of halogens is 2. The van der Waals surface area contributed by atoms with Crippen LogP contribution in [0, 0.1) is 12.7 Å². The van der Waals surface area contributed by atoms with E-state index in [9.17, 15) is 4.39 Å². The summed E-state index contributed by atoms with van der Waals surface area (Å²) in [4.78, 5) is 0. The first-order chi connectivity index (χ1) is 9.88. The molecule has 0 spiro atoms. The maximum atomic E-state index is 14.1. The Morgan fingerprint density at radius 3 is 2.67 bits per heavy atom. The molecular weight excluding hydrogens is 287 g/mol. The summed E-state index contributed by atoms with van der Waals surface area (Å²) >= 11 is 6.50. The maximum Gasteiger partial charge on any atom is 0.128 e. The highest BCUT2D eigenvalue weighted by atomic mass is 35.5. The van der Waals surface area contributed by atoms with Gasteiger partial charge < -0.3 is 4.74 Å². The number of aryl methyl sites for hydroxylation is 1. The van der Waals surface area contributed by atoms with E-state index in [1.54, 1.807) is 6.07 Å². The van der Waals surface area contributed by atoms with Crippen molar-refractivity contribution in [2.24, 2.45) is 0 Å². The summed E-state index contributed by atoms with van der Waals surface area (Å²) in [7, 11) is 0. The molecular formula is C18H18ClFO. The van der Waals surface area contributed by atoms with Crippen molar-refractivity contribution in [1.82, 2.24) is 0 Å². The molecule has 1 unspecified atom stereocenters. The van der Waals surface area contributed by atoms with Gasteiger partial charge in [-0.05, 0) is 36.2 Å². The molecule has 0 amide bonds. The van der Waals surface area contributed by atoms with Crippen molar-refractivity contribution in [2.45, 2.75) is 31.6 Å². The Kier molecular flexibility index (Phi) is 3.45. The van der Waals surface area contributed by atoms with Gasteiger partial charge in [0.05, 0.1) is 12.0 Å². The Hall–Kier alpha value is -1.54. The number of hydrogen-bond acceptors (Lipinski definition) is 1. The molecule has 0 saturated heterocycles. The van der Waals surface area contributed by atoms with Crippen LogP contribution in [0.5, 0.6) is 5.75 Å². The largest absolute Gasteiger partial charge is 0.492 e. The molecule has 110 valence electrons. The number of benzene rings is 2. The molecule has 0 aromatic heterocycles. The van der Waals surface area contributed by atoms with E-state index < -0.39 is 5.38 Å². The maximum absolute atomic E-state index is 14.1. The molecule has 0 aliphatic carbocycles. The lowest BCUT2D eigenvalue weighted by Crippen LogP contribution is -2.18. The summed E-state index contributed by atoms with van der Waals surface area (Å²) < 4.78 is 19.8. The van der Waals surface area contributed by atoms with Gasteiger partial charge in [-0.3, -0.25) is 0 Å². The third-order valence-electron chi connectivity index (χ3n) is 4.04. The Bertz CT molecular complexity index is 694. The number of ether oxygens (including phenoxy) is 1. The van der Waals surface area contributed by atoms with E-state index in [0.717, 1.165) is 22.4 Å². The van der Waals surface area contributed by atoms with Crippen molar-refractivity contribution in [3.05, 3.63) is 64.5 Å². The van der Waals surface area contributed by atoms with Gasteiger partial charge in [-0.25, -0.2) is 4.39 Å². The van der Waals surface area contributed by atoms with Crippen LogP contribution in [0.1, 0.15) is 41.5 Å². The summed E-state index contributed by atoms with van der Waals surface area (Å²) in [6, 6.07) is 11.0. The van der Waals surface area contributed by atoms with Crippen molar-refractivity contribution >= 4 is 11.6 Å². The van der Waals surface area contributed by atoms with Crippen LogP contribution in [0.2, 0.25) is 0 Å². The summed E-state index contributed by atoms with van der Waals surface area (Å²) in [5.74, 6) is 0.642. The Labute approximate surface area is 129 Å². The quantitative estimate of drug-likeness (QED) is 0.699. The summed E-state index contributed by atoms with van der Waals surface area (Å²) in [6.07, 6.45) is 0. The molecule has 3 rings (SSSR count). The van der Waals surface area contributed by atoms with Gasteiger partial charge in [-0.1, -0.05) is 32.0 Å². The van der Waals surface area contributed by atoms with E-state index in [2.05, 4.69) is 13.8 Å². The van der Waals surface area contributed by atoms with Gasteiger partial charge in [0, 0.05) is 16.5 Å². The van der Waals surface area contributed by atoms with Gasteiger partial charge in [0.1, 0.15) is 11.6 Å². The fourth-order valence-electron chi connectivity index (χ4n) is 2.71. The number of alkyl halides is 1. The van der Waals surface area contributed by atoms with Crippen LogP contribution in [-0.2, 0) is 5.41 Å². The first-order valence-corrected chi connectivity index (χ1v) is 7.49. The van der Waals surface area contributed by atoms with Gasteiger partial charge in [0.25, 0.3) is 0 Å². The molecule has 1 nitrogen and oxygen atoms in total. The molecule has 2 aromatic rings. The number of rotatable bonds is 2. The van der Waals surface area contributed by atoms with Crippen LogP contribution in [0.25, 0.3) is 0 Å². The standard InChI is InChI=1S/C18H18ClFO/c1-11-4-6-13(15(20)8-11)17(19)12-5-7-16-14(9-12)18(2,3)10-21-16/h4-9,17H,10H2,1-3H3. The fourth-order valence-corrected chi connectivity index (χ4v) is 3.03. The van der Waals surface area contributed by atoms with Crippen LogP contribution in [-0.4, -0.2) is 6.61 Å². The molecule has 2 aromatic carbocycles. The van der Waals surface area contributed by atoms with E-state index in [1.165, 1.54) is 6.07 Å². The predicted octanol–water partition coefficient (Wildman–Crippen LogP) is 5.13. The van der Waals surface area contributed by atoms with Crippen LogP contribution < -0.4 is 4.74 Å². The summed E-state index contributed by atoms with van der Waals surface area (Å²) in [6.45, 7) is 6.81. The van der Waals surface area contributed by atoms with Gasteiger partial charge in [0.2, 0.25) is 0 Å².